The molecule has 2 heterocycles. The molecule has 54 heavy (non-hydrogen) atoms. The van der Waals surface area contributed by atoms with E-state index < -0.39 is 0 Å². The summed E-state index contributed by atoms with van der Waals surface area (Å²) >= 11 is 0. The molecule has 10 rings (SSSR count). The van der Waals surface area contributed by atoms with Crippen molar-refractivity contribution in [2.45, 2.75) is 24.7 Å². The summed E-state index contributed by atoms with van der Waals surface area (Å²) in [6.45, 7) is 6.59. The molecule has 0 bridgehead atoms. The maximum atomic E-state index is 4.47. The number of fused-ring (bicyclic) bond motifs is 6. The second-order valence-electron chi connectivity index (χ2n) is 14.8. The zero-order valence-electron chi connectivity index (χ0n) is 30.5. The fourth-order valence-corrected chi connectivity index (χ4v) is 9.95. The van der Waals surface area contributed by atoms with Gasteiger partial charge < -0.3 is 9.13 Å². The van der Waals surface area contributed by atoms with Crippen LogP contribution in [0.1, 0.15) is 36.0 Å². The van der Waals surface area contributed by atoms with E-state index in [1.54, 1.807) is 0 Å². The Morgan fingerprint density at radius 1 is 0.537 bits per heavy atom. The van der Waals surface area contributed by atoms with Gasteiger partial charge in [0.15, 0.2) is 0 Å². The van der Waals surface area contributed by atoms with Crippen LogP contribution in [0.2, 0.25) is 0 Å². The largest absolute Gasteiger partial charge is 0.309 e. The molecule has 0 aliphatic heterocycles. The first kappa shape index (κ1) is 32.3. The third-order valence-electron chi connectivity index (χ3n) is 12.1. The van der Waals surface area contributed by atoms with Crippen LogP contribution in [0.4, 0.5) is 0 Å². The molecule has 0 amide bonds. The summed E-state index contributed by atoms with van der Waals surface area (Å²) in [5.74, 6) is 0.783. The lowest BCUT2D eigenvalue weighted by Crippen LogP contribution is -2.17. The van der Waals surface area contributed by atoms with Crippen molar-refractivity contribution in [2.75, 3.05) is 0 Å². The maximum absolute atomic E-state index is 4.47. The number of hydrogen-bond donors (Lipinski definition) is 0. The number of allylic oxidation sites excluding steroid dienone is 3. The Balaban J connectivity index is 1.31. The molecule has 7 aromatic carbocycles. The van der Waals surface area contributed by atoms with E-state index in [9.17, 15) is 0 Å². The maximum Gasteiger partial charge on any atom is 0.0541 e. The van der Waals surface area contributed by atoms with Gasteiger partial charge in [-0.1, -0.05) is 152 Å². The van der Waals surface area contributed by atoms with Crippen molar-refractivity contribution < 1.29 is 0 Å². The number of nitrogens with zero attached hydrogens (tertiary/aromatic N) is 2. The summed E-state index contributed by atoms with van der Waals surface area (Å²) in [4.78, 5) is 0. The Hall–Kier alpha value is -6.38. The van der Waals surface area contributed by atoms with Crippen molar-refractivity contribution in [1.29, 1.82) is 0 Å². The van der Waals surface area contributed by atoms with E-state index in [1.165, 1.54) is 71.7 Å². The van der Waals surface area contributed by atoms with Crippen LogP contribution in [-0.4, -0.2) is 9.13 Å². The highest BCUT2D eigenvalue weighted by atomic mass is 15.0. The Morgan fingerprint density at radius 3 is 1.31 bits per heavy atom. The molecule has 0 radical (unpaired) electrons. The lowest BCUT2D eigenvalue weighted by Gasteiger charge is -2.23. The Bertz CT molecular complexity index is 2570. The summed E-state index contributed by atoms with van der Waals surface area (Å²) in [5, 5.41) is 5.06. The molecule has 3 atom stereocenters. The third-order valence-corrected chi connectivity index (χ3v) is 12.1. The minimum Gasteiger partial charge on any atom is -0.309 e. The highest BCUT2D eigenvalue weighted by molar-refractivity contribution is 6.10. The fourth-order valence-electron chi connectivity index (χ4n) is 9.95. The quantitative estimate of drug-likeness (QED) is 0.133. The normalized spacial score (nSPS) is 17.1. The Morgan fingerprint density at radius 2 is 0.926 bits per heavy atom. The highest BCUT2D eigenvalue weighted by Gasteiger charge is 2.68. The van der Waals surface area contributed by atoms with E-state index in [0.717, 1.165) is 6.42 Å². The SMILES string of the molecule is C=CC(C/C=C\C)C1C(c2cc(-n3c4ccccc4c4ccccc43)cc(-n3c4ccccc4c4ccccc43)c2)C1(c1ccccc1)c1ccccc1. The van der Waals surface area contributed by atoms with Gasteiger partial charge in [0.1, 0.15) is 0 Å². The van der Waals surface area contributed by atoms with Crippen molar-refractivity contribution >= 4 is 43.6 Å². The lowest BCUT2D eigenvalue weighted by molar-refractivity contribution is 0.522. The van der Waals surface area contributed by atoms with E-state index in [1.807, 2.05) is 0 Å². The second kappa shape index (κ2) is 12.9. The van der Waals surface area contributed by atoms with Gasteiger partial charge in [0.2, 0.25) is 0 Å². The molecular weight excluding hydrogens is 653 g/mol. The molecule has 1 aliphatic rings. The minimum absolute atomic E-state index is 0.204. The predicted molar refractivity (Wildman–Crippen MR) is 228 cm³/mol. The van der Waals surface area contributed by atoms with Gasteiger partial charge >= 0.3 is 0 Å². The van der Waals surface area contributed by atoms with Crippen LogP contribution in [0.25, 0.3) is 55.0 Å². The Labute approximate surface area is 316 Å². The van der Waals surface area contributed by atoms with Crippen molar-refractivity contribution in [3.05, 3.63) is 217 Å². The van der Waals surface area contributed by atoms with Gasteiger partial charge in [-0.15, -0.1) is 6.58 Å². The van der Waals surface area contributed by atoms with Crippen molar-refractivity contribution in [2.24, 2.45) is 11.8 Å². The van der Waals surface area contributed by atoms with Gasteiger partial charge in [0.05, 0.1) is 22.1 Å². The number of aromatic nitrogens is 2. The number of rotatable bonds is 9. The molecule has 0 saturated heterocycles. The molecule has 1 aliphatic carbocycles. The lowest BCUT2D eigenvalue weighted by atomic mass is 9.81. The first-order valence-corrected chi connectivity index (χ1v) is 19.2. The van der Waals surface area contributed by atoms with E-state index >= 15 is 0 Å². The summed E-state index contributed by atoms with van der Waals surface area (Å²) in [6, 6.07) is 65.3. The van der Waals surface area contributed by atoms with Crippen LogP contribution in [0.5, 0.6) is 0 Å². The van der Waals surface area contributed by atoms with Crippen LogP contribution >= 0.6 is 0 Å². The van der Waals surface area contributed by atoms with E-state index in [2.05, 4.69) is 217 Å². The van der Waals surface area contributed by atoms with Crippen molar-refractivity contribution in [1.82, 2.24) is 9.13 Å². The topological polar surface area (TPSA) is 9.86 Å². The van der Waals surface area contributed by atoms with Gasteiger partial charge in [-0.05, 0) is 84.3 Å². The number of benzene rings is 7. The molecule has 2 nitrogen and oxygen atoms in total. The molecule has 2 heteroatoms. The average Bonchev–Trinajstić information content (AvgIpc) is 3.66. The molecule has 0 N–H and O–H groups in total. The standard InChI is InChI=1S/C52H42N2/c1-3-5-20-36(4-2)50-51(52(50,38-21-8-6-9-22-38)39-23-10-7-11-24-39)37-33-40(53-46-29-16-12-25-42(46)43-26-13-17-30-47(43)53)35-41(34-37)54-48-31-18-14-27-44(48)45-28-15-19-32-49(45)54/h3-19,21-36,50-51H,2,20H2,1H3/b5-3-. The zero-order chi connectivity index (χ0) is 36.2. The summed E-state index contributed by atoms with van der Waals surface area (Å²) in [7, 11) is 0. The van der Waals surface area contributed by atoms with E-state index in [-0.39, 0.29) is 17.3 Å². The van der Waals surface area contributed by atoms with Gasteiger partial charge in [-0.25, -0.2) is 0 Å². The molecule has 2 aromatic heterocycles. The molecule has 0 spiro atoms. The van der Waals surface area contributed by atoms with E-state index in [4.69, 9.17) is 0 Å². The van der Waals surface area contributed by atoms with Crippen molar-refractivity contribution in [3.63, 3.8) is 0 Å². The van der Waals surface area contributed by atoms with Crippen molar-refractivity contribution in [3.8, 4) is 11.4 Å². The van der Waals surface area contributed by atoms with E-state index in [0.29, 0.717) is 5.92 Å². The smallest absolute Gasteiger partial charge is 0.0541 e. The molecule has 1 fully saturated rings. The van der Waals surface area contributed by atoms with Gasteiger partial charge in [0, 0.05) is 44.3 Å². The second-order valence-corrected chi connectivity index (χ2v) is 14.8. The molecule has 3 unspecified atom stereocenters. The average molecular weight is 695 g/mol. The van der Waals surface area contributed by atoms with Crippen LogP contribution < -0.4 is 0 Å². The zero-order valence-corrected chi connectivity index (χ0v) is 30.5. The van der Waals surface area contributed by atoms with Gasteiger partial charge in [-0.2, -0.15) is 0 Å². The fraction of sp³-hybridized carbons (Fsp3) is 0.115. The highest BCUT2D eigenvalue weighted by Crippen LogP contribution is 2.72. The first-order chi connectivity index (χ1) is 26.7. The Kier molecular flexibility index (Phi) is 7.73. The molecule has 260 valence electrons. The van der Waals surface area contributed by atoms with Gasteiger partial charge in [-0.3, -0.25) is 0 Å². The minimum atomic E-state index is -0.236. The predicted octanol–water partition coefficient (Wildman–Crippen LogP) is 13.3. The molecule has 1 saturated carbocycles. The van der Waals surface area contributed by atoms with Crippen LogP contribution in [0.15, 0.2) is 201 Å². The van der Waals surface area contributed by atoms with Gasteiger partial charge in [0.25, 0.3) is 0 Å². The third kappa shape index (κ3) is 4.80. The summed E-state index contributed by atoms with van der Waals surface area (Å²) in [6.07, 6.45) is 7.68. The number of hydrogen-bond acceptors (Lipinski definition) is 0. The molecule has 9 aromatic rings. The van der Waals surface area contributed by atoms with Crippen LogP contribution in [0, 0.1) is 11.8 Å². The summed E-state index contributed by atoms with van der Waals surface area (Å²) in [5.41, 5.74) is 11.0. The van der Waals surface area contributed by atoms with Crippen LogP contribution in [0.3, 0.4) is 0 Å². The van der Waals surface area contributed by atoms with Crippen LogP contribution in [-0.2, 0) is 5.41 Å². The monoisotopic (exact) mass is 694 g/mol. The molecular formula is C52H42N2. The first-order valence-electron chi connectivity index (χ1n) is 19.2. The summed E-state index contributed by atoms with van der Waals surface area (Å²) < 4.78 is 4.97. The number of para-hydroxylation sites is 4.